The van der Waals surface area contributed by atoms with Gasteiger partial charge in [0.15, 0.2) is 0 Å². The first-order valence-corrected chi connectivity index (χ1v) is 5.18. The highest BCUT2D eigenvalue weighted by atomic mass is 35.5. The lowest BCUT2D eigenvalue weighted by Gasteiger charge is -2.09. The lowest BCUT2D eigenvalue weighted by atomic mass is 10.1. The van der Waals surface area contributed by atoms with Crippen LogP contribution in [0.2, 0.25) is 5.15 Å². The van der Waals surface area contributed by atoms with Crippen molar-refractivity contribution < 1.29 is 18.3 Å². The Balaban J connectivity index is 3.12. The van der Waals surface area contributed by atoms with Gasteiger partial charge in [0.1, 0.15) is 5.15 Å². The highest BCUT2D eigenvalue weighted by Crippen LogP contribution is 2.26. The largest absolute Gasteiger partial charge is 0.466 e. The number of alkyl halides is 2. The lowest BCUT2D eigenvalue weighted by Crippen LogP contribution is -2.15. The van der Waals surface area contributed by atoms with E-state index in [4.69, 9.17) is 11.6 Å². The smallest absolute Gasteiger partial charge is 0.310 e. The summed E-state index contributed by atoms with van der Waals surface area (Å²) in [5.74, 6) is -0.677. The van der Waals surface area contributed by atoms with Gasteiger partial charge in [0.25, 0.3) is 6.43 Å². The number of rotatable bonds is 4. The summed E-state index contributed by atoms with van der Waals surface area (Å²) >= 11 is 5.63. The molecule has 4 nitrogen and oxygen atoms in total. The van der Waals surface area contributed by atoms with Gasteiger partial charge in [-0.1, -0.05) is 11.6 Å². The van der Waals surface area contributed by atoms with Crippen molar-refractivity contribution in [2.75, 3.05) is 6.61 Å². The molecule has 0 aliphatic heterocycles. The number of carbonyl (C=O) groups excluding carboxylic acids is 1. The number of nitrogens with one attached hydrogen (secondary N) is 1. The second-order valence-electron chi connectivity index (χ2n) is 3.16. The fourth-order valence-corrected chi connectivity index (χ4v) is 1.57. The highest BCUT2D eigenvalue weighted by Gasteiger charge is 2.20. The molecule has 0 fully saturated rings. The maximum absolute atomic E-state index is 12.7. The zero-order valence-electron chi connectivity index (χ0n) is 8.93. The van der Waals surface area contributed by atoms with E-state index in [9.17, 15) is 18.4 Å². The van der Waals surface area contributed by atoms with Crippen LogP contribution in [0.5, 0.6) is 0 Å². The lowest BCUT2D eigenvalue weighted by molar-refractivity contribution is -0.142. The van der Waals surface area contributed by atoms with E-state index in [-0.39, 0.29) is 17.3 Å². The molecule has 94 valence electrons. The third kappa shape index (κ3) is 3.52. The Kier molecular flexibility index (Phi) is 4.62. The molecule has 0 atom stereocenters. The van der Waals surface area contributed by atoms with Gasteiger partial charge in [-0.2, -0.15) is 0 Å². The molecule has 1 rings (SSSR count). The second-order valence-corrected chi connectivity index (χ2v) is 3.54. The van der Waals surface area contributed by atoms with Gasteiger partial charge in [0.2, 0.25) is 5.56 Å². The van der Waals surface area contributed by atoms with E-state index in [0.717, 1.165) is 6.07 Å². The number of pyridine rings is 1. The molecule has 1 N–H and O–H groups in total. The number of carbonyl (C=O) groups is 1. The number of hydrogen-bond donors (Lipinski definition) is 1. The van der Waals surface area contributed by atoms with Gasteiger partial charge in [0.05, 0.1) is 13.0 Å². The van der Waals surface area contributed by atoms with E-state index in [1.54, 1.807) is 6.92 Å². The first-order valence-electron chi connectivity index (χ1n) is 4.81. The monoisotopic (exact) mass is 265 g/mol. The molecule has 0 aliphatic rings. The Bertz CT molecular complexity index is 473. The first kappa shape index (κ1) is 13.6. The molecule has 0 aromatic carbocycles. The maximum Gasteiger partial charge on any atom is 0.310 e. The molecule has 0 saturated heterocycles. The molecule has 0 unspecified atom stereocenters. The van der Waals surface area contributed by atoms with Crippen molar-refractivity contribution >= 4 is 17.6 Å². The average Bonchev–Trinajstić information content (AvgIpc) is 2.21. The highest BCUT2D eigenvalue weighted by molar-refractivity contribution is 6.30. The number of aromatic amines is 1. The van der Waals surface area contributed by atoms with Crippen LogP contribution in [-0.4, -0.2) is 17.6 Å². The first-order chi connectivity index (χ1) is 7.95. The van der Waals surface area contributed by atoms with Crippen molar-refractivity contribution in [1.82, 2.24) is 4.98 Å². The number of halogens is 3. The SMILES string of the molecule is CCOC(=O)Cc1c(C(F)F)cc(=O)[nH]c1Cl. The van der Waals surface area contributed by atoms with Gasteiger partial charge in [-0.15, -0.1) is 0 Å². The average molecular weight is 266 g/mol. The third-order valence-electron chi connectivity index (χ3n) is 1.99. The summed E-state index contributed by atoms with van der Waals surface area (Å²) in [7, 11) is 0. The second kappa shape index (κ2) is 5.77. The predicted octanol–water partition coefficient (Wildman–Crippen LogP) is 2.07. The molecule has 1 aromatic heterocycles. The van der Waals surface area contributed by atoms with Crippen LogP contribution in [0.15, 0.2) is 10.9 Å². The van der Waals surface area contributed by atoms with Gasteiger partial charge in [-0.3, -0.25) is 9.59 Å². The minimum atomic E-state index is -2.88. The van der Waals surface area contributed by atoms with Crippen LogP contribution in [0.25, 0.3) is 0 Å². The van der Waals surface area contributed by atoms with Crippen molar-refractivity contribution in [3.63, 3.8) is 0 Å². The molecule has 0 bridgehead atoms. The van der Waals surface area contributed by atoms with Gasteiger partial charge in [-0.25, -0.2) is 8.78 Å². The Morgan fingerprint density at radius 3 is 2.76 bits per heavy atom. The van der Waals surface area contributed by atoms with Gasteiger partial charge in [0, 0.05) is 17.2 Å². The molecule has 0 spiro atoms. The summed E-state index contributed by atoms with van der Waals surface area (Å²) in [4.78, 5) is 24.3. The molecule has 1 heterocycles. The minimum Gasteiger partial charge on any atom is -0.466 e. The van der Waals surface area contributed by atoms with Crippen LogP contribution >= 0.6 is 11.6 Å². The summed E-state index contributed by atoms with van der Waals surface area (Å²) in [6.07, 6.45) is -3.28. The Morgan fingerprint density at radius 2 is 2.24 bits per heavy atom. The summed E-state index contributed by atoms with van der Waals surface area (Å²) in [6.45, 7) is 1.74. The molecular formula is C10H10ClF2NO3. The van der Waals surface area contributed by atoms with Crippen LogP contribution in [0.3, 0.4) is 0 Å². The predicted molar refractivity (Wildman–Crippen MR) is 57.4 cm³/mol. The van der Waals surface area contributed by atoms with Crippen molar-refractivity contribution in [1.29, 1.82) is 0 Å². The van der Waals surface area contributed by atoms with Gasteiger partial charge < -0.3 is 9.72 Å². The van der Waals surface area contributed by atoms with Crippen molar-refractivity contribution in [3.05, 3.63) is 32.7 Å². The summed E-state index contributed by atoms with van der Waals surface area (Å²) < 4.78 is 30.0. The molecule has 0 amide bonds. The number of esters is 1. The van der Waals surface area contributed by atoms with Gasteiger partial charge in [-0.05, 0) is 6.92 Å². The molecule has 0 radical (unpaired) electrons. The van der Waals surface area contributed by atoms with Crippen LogP contribution in [0, 0.1) is 0 Å². The van der Waals surface area contributed by atoms with Crippen LogP contribution < -0.4 is 5.56 Å². The Morgan fingerprint density at radius 1 is 1.59 bits per heavy atom. The third-order valence-corrected chi connectivity index (χ3v) is 2.32. The standard InChI is InChI=1S/C10H10ClF2NO3/c1-2-17-8(16)4-5-6(10(12)13)3-7(15)14-9(5)11/h3,10H,2,4H2,1H3,(H,14,15). The van der Waals surface area contributed by atoms with E-state index in [1.807, 2.05) is 0 Å². The fraction of sp³-hybridized carbons (Fsp3) is 0.400. The molecule has 0 aliphatic carbocycles. The van der Waals surface area contributed by atoms with Gasteiger partial charge >= 0.3 is 5.97 Å². The van der Waals surface area contributed by atoms with E-state index in [2.05, 4.69) is 9.72 Å². The van der Waals surface area contributed by atoms with Crippen molar-refractivity contribution in [3.8, 4) is 0 Å². The zero-order chi connectivity index (χ0) is 13.0. The number of aromatic nitrogens is 1. The number of H-pyrrole nitrogens is 1. The van der Waals surface area contributed by atoms with Crippen LogP contribution in [0.1, 0.15) is 24.5 Å². The van der Waals surface area contributed by atoms with Crippen LogP contribution in [0.4, 0.5) is 8.78 Å². The van der Waals surface area contributed by atoms with E-state index in [0.29, 0.717) is 0 Å². The molecule has 1 aromatic rings. The maximum atomic E-state index is 12.7. The zero-order valence-corrected chi connectivity index (χ0v) is 9.68. The number of hydrogen-bond acceptors (Lipinski definition) is 3. The molecule has 7 heteroatoms. The normalized spacial score (nSPS) is 10.6. The van der Waals surface area contributed by atoms with Crippen LogP contribution in [-0.2, 0) is 16.0 Å². The summed E-state index contributed by atoms with van der Waals surface area (Å²) in [5.41, 5.74) is -1.40. The van der Waals surface area contributed by atoms with E-state index < -0.39 is 29.9 Å². The Hall–Kier alpha value is -1.43. The molecule has 17 heavy (non-hydrogen) atoms. The summed E-state index contributed by atoms with van der Waals surface area (Å²) in [5, 5.41) is -0.263. The summed E-state index contributed by atoms with van der Waals surface area (Å²) in [6, 6.07) is 0.727. The van der Waals surface area contributed by atoms with Crippen molar-refractivity contribution in [2.24, 2.45) is 0 Å². The fourth-order valence-electron chi connectivity index (χ4n) is 1.31. The molecular weight excluding hydrogens is 256 g/mol. The topological polar surface area (TPSA) is 59.2 Å². The van der Waals surface area contributed by atoms with E-state index in [1.165, 1.54) is 0 Å². The molecule has 0 saturated carbocycles. The Labute approximate surface area is 101 Å². The van der Waals surface area contributed by atoms with E-state index >= 15 is 0 Å². The number of ether oxygens (including phenoxy) is 1. The van der Waals surface area contributed by atoms with Crippen molar-refractivity contribution in [2.45, 2.75) is 19.8 Å². The quantitative estimate of drug-likeness (QED) is 0.670. The minimum absolute atomic E-state index is 0.111.